The number of rotatable bonds is 12. The molecule has 158 valence electrons. The molecule has 0 fully saturated rings. The van der Waals surface area contributed by atoms with Crippen molar-refractivity contribution in [2.24, 2.45) is 12.0 Å². The Balaban J connectivity index is 0.00000392. The molecule has 0 atom stereocenters. The predicted molar refractivity (Wildman–Crippen MR) is 129 cm³/mol. The number of halogens is 1. The molecule has 0 aliphatic carbocycles. The van der Waals surface area contributed by atoms with E-state index < -0.39 is 0 Å². The maximum Gasteiger partial charge on any atom is 0.192 e. The fourth-order valence-corrected chi connectivity index (χ4v) is 3.43. The van der Waals surface area contributed by atoms with Gasteiger partial charge in [-0.3, -0.25) is 0 Å². The smallest absolute Gasteiger partial charge is 0.192 e. The van der Waals surface area contributed by atoms with E-state index in [0.717, 1.165) is 30.7 Å². The molecule has 8 heteroatoms. The van der Waals surface area contributed by atoms with Crippen molar-refractivity contribution < 1.29 is 0 Å². The summed E-state index contributed by atoms with van der Waals surface area (Å²) >= 11 is 1.75. The number of nitrogens with zero attached hydrogens (tertiary/aromatic N) is 4. The quantitative estimate of drug-likeness (QED) is 0.184. The van der Waals surface area contributed by atoms with Gasteiger partial charge in [-0.15, -0.1) is 45.5 Å². The second kappa shape index (κ2) is 14.8. The van der Waals surface area contributed by atoms with E-state index in [0.29, 0.717) is 6.54 Å². The first-order valence-electron chi connectivity index (χ1n) is 10.1. The molecule has 0 amide bonds. The summed E-state index contributed by atoms with van der Waals surface area (Å²) in [6.45, 7) is 6.47. The number of unbranched alkanes of at least 4 members (excludes halogenated alkanes) is 6. The highest BCUT2D eigenvalue weighted by molar-refractivity contribution is 14.0. The van der Waals surface area contributed by atoms with Crippen LogP contribution < -0.4 is 10.6 Å². The van der Waals surface area contributed by atoms with Gasteiger partial charge in [-0.1, -0.05) is 51.5 Å². The van der Waals surface area contributed by atoms with Crippen molar-refractivity contribution in [3.8, 4) is 0 Å². The fraction of sp³-hybridized carbons (Fsp3) is 0.650. The Labute approximate surface area is 190 Å². The Morgan fingerprint density at radius 1 is 1.11 bits per heavy atom. The fourth-order valence-electron chi connectivity index (χ4n) is 2.79. The van der Waals surface area contributed by atoms with E-state index in [1.165, 1.54) is 49.8 Å². The molecule has 0 radical (unpaired) electrons. The van der Waals surface area contributed by atoms with Crippen LogP contribution >= 0.6 is 35.3 Å². The van der Waals surface area contributed by atoms with E-state index >= 15 is 0 Å². The Kier molecular flexibility index (Phi) is 13.1. The van der Waals surface area contributed by atoms with Crippen LogP contribution in [0.3, 0.4) is 0 Å². The third-order valence-corrected chi connectivity index (χ3v) is 5.52. The minimum Gasteiger partial charge on any atom is -0.356 e. The Morgan fingerprint density at radius 2 is 1.86 bits per heavy atom. The first-order chi connectivity index (χ1) is 13.2. The summed E-state index contributed by atoms with van der Waals surface area (Å²) < 4.78 is 1.98. The molecule has 0 bridgehead atoms. The Morgan fingerprint density at radius 3 is 2.50 bits per heavy atom. The van der Waals surface area contributed by atoms with E-state index in [4.69, 9.17) is 4.99 Å². The molecule has 0 aliphatic rings. The van der Waals surface area contributed by atoms with Crippen LogP contribution in [-0.4, -0.2) is 27.3 Å². The van der Waals surface area contributed by atoms with Crippen LogP contribution in [0, 0.1) is 6.92 Å². The van der Waals surface area contributed by atoms with Gasteiger partial charge >= 0.3 is 0 Å². The number of guanidine groups is 1. The summed E-state index contributed by atoms with van der Waals surface area (Å²) in [4.78, 5) is 6.00. The monoisotopic (exact) mass is 518 g/mol. The van der Waals surface area contributed by atoms with Gasteiger partial charge in [0, 0.05) is 18.5 Å². The maximum absolute atomic E-state index is 4.70. The van der Waals surface area contributed by atoms with Crippen molar-refractivity contribution in [3.05, 3.63) is 34.0 Å². The highest BCUT2D eigenvalue weighted by Gasteiger charge is 2.05. The van der Waals surface area contributed by atoms with Crippen LogP contribution in [0.4, 0.5) is 0 Å². The summed E-state index contributed by atoms with van der Waals surface area (Å²) in [6.07, 6.45) is 9.18. The molecule has 2 aromatic heterocycles. The standard InChI is InChI=1S/C20H34N6S.HI/c1-4-5-6-7-8-9-10-13-21-20(22-15-18-12-11-14-27-18)23-16-19-25-24-17(2)26(19)3;/h11-12,14H,4-10,13,15-16H2,1-3H3,(H2,21,22,23);1H. The SMILES string of the molecule is CCCCCCCCCNC(=NCc1nnc(C)n1C)NCc1cccs1.I. The lowest BCUT2D eigenvalue weighted by Gasteiger charge is -2.12. The van der Waals surface area contributed by atoms with Gasteiger partial charge in [0.2, 0.25) is 0 Å². The van der Waals surface area contributed by atoms with Crippen LogP contribution in [0.25, 0.3) is 0 Å². The van der Waals surface area contributed by atoms with Crippen molar-refractivity contribution in [2.75, 3.05) is 6.54 Å². The molecule has 0 spiro atoms. The molecule has 0 saturated carbocycles. The Hall–Kier alpha value is -1.16. The van der Waals surface area contributed by atoms with Gasteiger partial charge in [0.25, 0.3) is 0 Å². The van der Waals surface area contributed by atoms with E-state index in [1.54, 1.807) is 11.3 Å². The largest absolute Gasteiger partial charge is 0.356 e. The average Bonchev–Trinajstić information content (AvgIpc) is 3.30. The zero-order chi connectivity index (χ0) is 19.3. The number of thiophene rings is 1. The van der Waals surface area contributed by atoms with E-state index in [1.807, 2.05) is 18.5 Å². The van der Waals surface area contributed by atoms with Gasteiger partial charge in [0.15, 0.2) is 11.8 Å². The van der Waals surface area contributed by atoms with Gasteiger partial charge in [0.05, 0.1) is 6.54 Å². The minimum atomic E-state index is 0. The van der Waals surface area contributed by atoms with Crippen LogP contribution in [0.5, 0.6) is 0 Å². The van der Waals surface area contributed by atoms with Gasteiger partial charge in [-0.25, -0.2) is 4.99 Å². The second-order valence-electron chi connectivity index (χ2n) is 6.87. The third kappa shape index (κ3) is 9.36. The molecule has 2 N–H and O–H groups in total. The zero-order valence-electron chi connectivity index (χ0n) is 17.4. The second-order valence-corrected chi connectivity index (χ2v) is 7.90. The first-order valence-corrected chi connectivity index (χ1v) is 11.0. The molecule has 6 nitrogen and oxygen atoms in total. The molecule has 0 aliphatic heterocycles. The van der Waals surface area contributed by atoms with Crippen LogP contribution in [0.15, 0.2) is 22.5 Å². The highest BCUT2D eigenvalue weighted by atomic mass is 127. The van der Waals surface area contributed by atoms with Gasteiger partial charge in [0.1, 0.15) is 12.4 Å². The number of aryl methyl sites for hydroxylation is 1. The molecule has 2 heterocycles. The molecular formula is C20H35IN6S. The average molecular weight is 519 g/mol. The van der Waals surface area contributed by atoms with Crippen LogP contribution in [0.2, 0.25) is 0 Å². The Bertz CT molecular complexity index is 668. The number of nitrogens with one attached hydrogen (secondary N) is 2. The summed E-state index contributed by atoms with van der Waals surface area (Å²) in [7, 11) is 1.98. The molecule has 0 aromatic carbocycles. The lowest BCUT2D eigenvalue weighted by atomic mass is 10.1. The molecule has 28 heavy (non-hydrogen) atoms. The lowest BCUT2D eigenvalue weighted by Crippen LogP contribution is -2.37. The van der Waals surface area contributed by atoms with Crippen LogP contribution in [0.1, 0.15) is 68.4 Å². The van der Waals surface area contributed by atoms with E-state index in [9.17, 15) is 0 Å². The molecule has 2 rings (SSSR count). The first kappa shape index (κ1) is 24.9. The van der Waals surface area contributed by atoms with Crippen molar-refractivity contribution >= 4 is 41.3 Å². The summed E-state index contributed by atoms with van der Waals surface area (Å²) in [5, 5.41) is 17.3. The predicted octanol–water partition coefficient (Wildman–Crippen LogP) is 4.79. The molecule has 0 unspecified atom stereocenters. The number of aliphatic imine (C=N–C) groups is 1. The zero-order valence-corrected chi connectivity index (χ0v) is 20.6. The topological polar surface area (TPSA) is 67.1 Å². The summed E-state index contributed by atoms with van der Waals surface area (Å²) in [5.74, 6) is 2.63. The number of hydrogen-bond donors (Lipinski definition) is 2. The van der Waals surface area contributed by atoms with Gasteiger partial charge in [-0.2, -0.15) is 0 Å². The number of hydrogen-bond acceptors (Lipinski definition) is 4. The van der Waals surface area contributed by atoms with E-state index in [-0.39, 0.29) is 24.0 Å². The highest BCUT2D eigenvalue weighted by Crippen LogP contribution is 2.08. The van der Waals surface area contributed by atoms with Crippen LogP contribution in [-0.2, 0) is 20.1 Å². The normalized spacial score (nSPS) is 11.3. The summed E-state index contributed by atoms with van der Waals surface area (Å²) in [5.41, 5.74) is 0. The minimum absolute atomic E-state index is 0. The maximum atomic E-state index is 4.70. The van der Waals surface area contributed by atoms with Crippen molar-refractivity contribution in [2.45, 2.75) is 71.9 Å². The van der Waals surface area contributed by atoms with E-state index in [2.05, 4.69) is 45.3 Å². The van der Waals surface area contributed by atoms with Crippen molar-refractivity contribution in [3.63, 3.8) is 0 Å². The molecule has 2 aromatic rings. The van der Waals surface area contributed by atoms with Gasteiger partial charge in [-0.05, 0) is 24.8 Å². The van der Waals surface area contributed by atoms with Crippen molar-refractivity contribution in [1.82, 2.24) is 25.4 Å². The van der Waals surface area contributed by atoms with Crippen molar-refractivity contribution in [1.29, 1.82) is 0 Å². The molecular weight excluding hydrogens is 483 g/mol. The molecule has 0 saturated heterocycles. The number of aromatic nitrogens is 3. The summed E-state index contributed by atoms with van der Waals surface area (Å²) in [6, 6.07) is 4.21. The van der Waals surface area contributed by atoms with Gasteiger partial charge < -0.3 is 15.2 Å². The third-order valence-electron chi connectivity index (χ3n) is 4.64. The lowest BCUT2D eigenvalue weighted by molar-refractivity contribution is 0.583.